The minimum atomic E-state index is -0.376. The van der Waals surface area contributed by atoms with Crippen LogP contribution in [0.15, 0.2) is 0 Å². The molecule has 0 saturated heterocycles. The molecule has 2 unspecified atom stereocenters. The number of aliphatic hydroxyl groups excluding tert-OH is 1. The van der Waals surface area contributed by atoms with E-state index >= 15 is 0 Å². The fourth-order valence-electron chi connectivity index (χ4n) is 1.27. The summed E-state index contributed by atoms with van der Waals surface area (Å²) in [5, 5.41) is 15.2. The molecule has 0 spiro atoms. The second kappa shape index (κ2) is 9.57. The van der Waals surface area contributed by atoms with E-state index in [1.807, 2.05) is 6.92 Å². The number of methoxy groups -OCH3 is 1. The van der Waals surface area contributed by atoms with E-state index < -0.39 is 0 Å². The molecule has 0 aromatic rings. The highest BCUT2D eigenvalue weighted by atomic mass is 16.5. The SMILES string of the molecule is CCCC(O)CNC(C)C(=O)NCCOC. The van der Waals surface area contributed by atoms with Crippen LogP contribution in [0.2, 0.25) is 0 Å². The largest absolute Gasteiger partial charge is 0.392 e. The van der Waals surface area contributed by atoms with Crippen molar-refractivity contribution in [2.45, 2.75) is 38.8 Å². The lowest BCUT2D eigenvalue weighted by molar-refractivity contribution is -0.123. The summed E-state index contributed by atoms with van der Waals surface area (Å²) in [5.74, 6) is -0.0688. The first-order valence-electron chi connectivity index (χ1n) is 5.79. The summed E-state index contributed by atoms with van der Waals surface area (Å²) in [6.07, 6.45) is 1.32. The van der Waals surface area contributed by atoms with Gasteiger partial charge in [0.25, 0.3) is 0 Å². The molecule has 0 aromatic heterocycles. The van der Waals surface area contributed by atoms with Crippen LogP contribution in [-0.2, 0) is 9.53 Å². The van der Waals surface area contributed by atoms with Gasteiger partial charge in [-0.2, -0.15) is 0 Å². The summed E-state index contributed by atoms with van der Waals surface area (Å²) in [6.45, 7) is 5.27. The van der Waals surface area contributed by atoms with Gasteiger partial charge >= 0.3 is 0 Å². The van der Waals surface area contributed by atoms with Crippen LogP contribution in [0, 0.1) is 0 Å². The van der Waals surface area contributed by atoms with Crippen molar-refractivity contribution < 1.29 is 14.6 Å². The highest BCUT2D eigenvalue weighted by Crippen LogP contribution is 1.94. The van der Waals surface area contributed by atoms with Crippen LogP contribution in [0.25, 0.3) is 0 Å². The maximum absolute atomic E-state index is 11.5. The number of aliphatic hydroxyl groups is 1. The molecule has 2 atom stereocenters. The van der Waals surface area contributed by atoms with E-state index in [2.05, 4.69) is 10.6 Å². The van der Waals surface area contributed by atoms with Gasteiger partial charge in [-0.1, -0.05) is 13.3 Å². The lowest BCUT2D eigenvalue weighted by Gasteiger charge is -2.16. The lowest BCUT2D eigenvalue weighted by atomic mass is 10.2. The second-order valence-electron chi connectivity index (χ2n) is 3.86. The average Bonchev–Trinajstić information content (AvgIpc) is 2.26. The van der Waals surface area contributed by atoms with Crippen LogP contribution in [0.4, 0.5) is 0 Å². The Morgan fingerprint density at radius 1 is 1.50 bits per heavy atom. The van der Waals surface area contributed by atoms with Crippen molar-refractivity contribution in [2.75, 3.05) is 26.8 Å². The zero-order valence-electron chi connectivity index (χ0n) is 10.5. The summed E-state index contributed by atoms with van der Waals surface area (Å²) >= 11 is 0. The summed E-state index contributed by atoms with van der Waals surface area (Å²) in [5.41, 5.74) is 0. The van der Waals surface area contributed by atoms with Crippen molar-refractivity contribution in [1.82, 2.24) is 10.6 Å². The standard InChI is InChI=1S/C11H24N2O3/c1-4-5-10(14)8-13-9(2)11(15)12-6-7-16-3/h9-10,13-14H,4-8H2,1-3H3,(H,12,15). The second-order valence-corrected chi connectivity index (χ2v) is 3.86. The van der Waals surface area contributed by atoms with Crippen molar-refractivity contribution in [2.24, 2.45) is 0 Å². The normalized spacial score (nSPS) is 14.5. The zero-order chi connectivity index (χ0) is 12.4. The Morgan fingerprint density at radius 2 is 2.19 bits per heavy atom. The fourth-order valence-corrected chi connectivity index (χ4v) is 1.27. The quantitative estimate of drug-likeness (QED) is 0.485. The van der Waals surface area contributed by atoms with Gasteiger partial charge in [0.1, 0.15) is 0 Å². The van der Waals surface area contributed by atoms with Gasteiger partial charge in [-0.3, -0.25) is 4.79 Å². The molecular formula is C11H24N2O3. The number of carbonyl (C=O) groups excluding carboxylic acids is 1. The molecule has 5 nitrogen and oxygen atoms in total. The van der Waals surface area contributed by atoms with Gasteiger partial charge in [0.05, 0.1) is 18.8 Å². The highest BCUT2D eigenvalue weighted by Gasteiger charge is 2.12. The van der Waals surface area contributed by atoms with Crippen LogP contribution in [0.3, 0.4) is 0 Å². The van der Waals surface area contributed by atoms with Crippen LogP contribution in [0.1, 0.15) is 26.7 Å². The monoisotopic (exact) mass is 232 g/mol. The van der Waals surface area contributed by atoms with E-state index in [9.17, 15) is 9.90 Å². The van der Waals surface area contributed by atoms with Crippen molar-refractivity contribution in [3.8, 4) is 0 Å². The van der Waals surface area contributed by atoms with Gasteiger partial charge in [0.2, 0.25) is 5.91 Å². The molecule has 0 saturated carbocycles. The molecule has 5 heteroatoms. The van der Waals surface area contributed by atoms with Crippen molar-refractivity contribution in [3.63, 3.8) is 0 Å². The predicted octanol–water partition coefficient (Wildman–Crippen LogP) is -0.112. The third kappa shape index (κ3) is 7.62. The Morgan fingerprint density at radius 3 is 2.75 bits per heavy atom. The van der Waals surface area contributed by atoms with Crippen LogP contribution >= 0.6 is 0 Å². The Kier molecular flexibility index (Phi) is 9.18. The number of hydrogen-bond acceptors (Lipinski definition) is 4. The molecule has 1 amide bonds. The molecule has 96 valence electrons. The van der Waals surface area contributed by atoms with Crippen LogP contribution < -0.4 is 10.6 Å². The van der Waals surface area contributed by atoms with Gasteiger partial charge in [0, 0.05) is 20.2 Å². The number of nitrogens with one attached hydrogen (secondary N) is 2. The summed E-state index contributed by atoms with van der Waals surface area (Å²) in [6, 6.07) is -0.289. The molecular weight excluding hydrogens is 208 g/mol. The molecule has 0 radical (unpaired) electrons. The van der Waals surface area contributed by atoms with E-state index in [0.29, 0.717) is 19.7 Å². The Bertz CT molecular complexity index is 188. The first-order valence-corrected chi connectivity index (χ1v) is 5.79. The van der Waals surface area contributed by atoms with E-state index in [-0.39, 0.29) is 18.1 Å². The molecule has 0 bridgehead atoms. The van der Waals surface area contributed by atoms with Crippen LogP contribution in [-0.4, -0.2) is 50.0 Å². The molecule has 0 fully saturated rings. The molecule has 0 aliphatic heterocycles. The average molecular weight is 232 g/mol. The summed E-state index contributed by atoms with van der Waals surface area (Å²) < 4.78 is 4.83. The summed E-state index contributed by atoms with van der Waals surface area (Å²) in [7, 11) is 1.59. The topological polar surface area (TPSA) is 70.6 Å². The fraction of sp³-hybridized carbons (Fsp3) is 0.909. The molecule has 0 aromatic carbocycles. The molecule has 0 heterocycles. The Hall–Kier alpha value is -0.650. The number of ether oxygens (including phenoxy) is 1. The molecule has 3 N–H and O–H groups in total. The smallest absolute Gasteiger partial charge is 0.236 e. The van der Waals surface area contributed by atoms with Crippen molar-refractivity contribution in [3.05, 3.63) is 0 Å². The molecule has 16 heavy (non-hydrogen) atoms. The maximum Gasteiger partial charge on any atom is 0.236 e. The number of rotatable bonds is 9. The molecule has 0 aliphatic rings. The van der Waals surface area contributed by atoms with Gasteiger partial charge in [-0.15, -0.1) is 0 Å². The first kappa shape index (κ1) is 15.3. The highest BCUT2D eigenvalue weighted by molar-refractivity contribution is 5.81. The number of hydrogen-bond donors (Lipinski definition) is 3. The number of carbonyl (C=O) groups is 1. The third-order valence-electron chi connectivity index (χ3n) is 2.28. The predicted molar refractivity (Wildman–Crippen MR) is 63.3 cm³/mol. The lowest BCUT2D eigenvalue weighted by Crippen LogP contribution is -2.45. The molecule has 0 rings (SSSR count). The first-order chi connectivity index (χ1) is 7.61. The van der Waals surface area contributed by atoms with Gasteiger partial charge < -0.3 is 20.5 Å². The minimum absolute atomic E-state index is 0.0688. The van der Waals surface area contributed by atoms with E-state index in [4.69, 9.17) is 4.74 Å². The molecule has 0 aliphatic carbocycles. The van der Waals surface area contributed by atoms with E-state index in [1.54, 1.807) is 14.0 Å². The van der Waals surface area contributed by atoms with Crippen molar-refractivity contribution in [1.29, 1.82) is 0 Å². The van der Waals surface area contributed by atoms with Gasteiger partial charge in [-0.25, -0.2) is 0 Å². The van der Waals surface area contributed by atoms with Crippen LogP contribution in [0.5, 0.6) is 0 Å². The van der Waals surface area contributed by atoms with E-state index in [1.165, 1.54) is 0 Å². The third-order valence-corrected chi connectivity index (χ3v) is 2.28. The Balaban J connectivity index is 3.62. The summed E-state index contributed by atoms with van der Waals surface area (Å²) in [4.78, 5) is 11.5. The van der Waals surface area contributed by atoms with E-state index in [0.717, 1.165) is 12.8 Å². The van der Waals surface area contributed by atoms with Crippen molar-refractivity contribution >= 4 is 5.91 Å². The van der Waals surface area contributed by atoms with Gasteiger partial charge in [0.15, 0.2) is 0 Å². The maximum atomic E-state index is 11.5. The zero-order valence-corrected chi connectivity index (χ0v) is 10.5. The Labute approximate surface area is 97.6 Å². The number of amides is 1. The van der Waals surface area contributed by atoms with Gasteiger partial charge in [-0.05, 0) is 13.3 Å². The minimum Gasteiger partial charge on any atom is -0.392 e.